The third-order valence-corrected chi connectivity index (χ3v) is 3.80. The van der Waals surface area contributed by atoms with Crippen LogP contribution in [0.5, 0.6) is 0 Å². The van der Waals surface area contributed by atoms with Gasteiger partial charge < -0.3 is 5.73 Å². The molecular formula is C15H14Cl2FN. The molecule has 1 nitrogen and oxygen atoms in total. The van der Waals surface area contributed by atoms with Gasteiger partial charge in [-0.1, -0.05) is 47.5 Å². The van der Waals surface area contributed by atoms with Gasteiger partial charge in [0.15, 0.2) is 0 Å². The molecule has 0 saturated carbocycles. The quantitative estimate of drug-likeness (QED) is 0.884. The number of rotatable bonds is 3. The summed E-state index contributed by atoms with van der Waals surface area (Å²) in [6, 6.07) is 11.7. The van der Waals surface area contributed by atoms with Crippen LogP contribution in [0.25, 0.3) is 0 Å². The van der Waals surface area contributed by atoms with Crippen LogP contribution >= 0.6 is 23.2 Å². The zero-order valence-corrected chi connectivity index (χ0v) is 12.0. The van der Waals surface area contributed by atoms with Crippen molar-refractivity contribution < 1.29 is 4.39 Å². The summed E-state index contributed by atoms with van der Waals surface area (Å²) >= 11 is 12.3. The smallest absolute Gasteiger partial charge is 0.128 e. The number of hydrogen-bond donors (Lipinski definition) is 1. The molecule has 0 aliphatic carbocycles. The first-order chi connectivity index (χ1) is 8.92. The molecule has 2 rings (SSSR count). The van der Waals surface area contributed by atoms with Crippen LogP contribution in [0.1, 0.15) is 18.1 Å². The van der Waals surface area contributed by atoms with Crippen LogP contribution in [0.4, 0.5) is 4.39 Å². The lowest BCUT2D eigenvalue weighted by Gasteiger charge is -2.26. The largest absolute Gasteiger partial charge is 0.321 e. The first kappa shape index (κ1) is 14.3. The predicted molar refractivity (Wildman–Crippen MR) is 78.1 cm³/mol. The third kappa shape index (κ3) is 3.08. The van der Waals surface area contributed by atoms with E-state index in [4.69, 9.17) is 28.9 Å². The molecule has 1 unspecified atom stereocenters. The number of hydrogen-bond acceptors (Lipinski definition) is 1. The first-order valence-corrected chi connectivity index (χ1v) is 6.64. The van der Waals surface area contributed by atoms with Crippen molar-refractivity contribution in [3.05, 3.63) is 69.5 Å². The highest BCUT2D eigenvalue weighted by molar-refractivity contribution is 6.36. The minimum Gasteiger partial charge on any atom is -0.321 e. The van der Waals surface area contributed by atoms with Gasteiger partial charge in [0, 0.05) is 21.1 Å². The van der Waals surface area contributed by atoms with E-state index in [0.717, 1.165) is 5.56 Å². The molecule has 0 spiro atoms. The van der Waals surface area contributed by atoms with Crippen molar-refractivity contribution in [3.63, 3.8) is 0 Å². The predicted octanol–water partition coefficient (Wildman–Crippen LogP) is 4.55. The summed E-state index contributed by atoms with van der Waals surface area (Å²) in [6.45, 7) is 1.77. The second-order valence-electron chi connectivity index (χ2n) is 4.77. The zero-order valence-electron chi connectivity index (χ0n) is 10.5. The second kappa shape index (κ2) is 5.49. The van der Waals surface area contributed by atoms with Gasteiger partial charge >= 0.3 is 0 Å². The summed E-state index contributed by atoms with van der Waals surface area (Å²) in [4.78, 5) is 0. The van der Waals surface area contributed by atoms with E-state index in [1.54, 1.807) is 43.3 Å². The van der Waals surface area contributed by atoms with E-state index in [0.29, 0.717) is 22.0 Å². The van der Waals surface area contributed by atoms with Gasteiger partial charge in [0.05, 0.1) is 0 Å². The van der Waals surface area contributed by atoms with Crippen LogP contribution < -0.4 is 5.73 Å². The molecule has 0 fully saturated rings. The van der Waals surface area contributed by atoms with Crippen molar-refractivity contribution in [1.29, 1.82) is 0 Å². The molecule has 2 aromatic rings. The highest BCUT2D eigenvalue weighted by Crippen LogP contribution is 2.32. The highest BCUT2D eigenvalue weighted by atomic mass is 35.5. The van der Waals surface area contributed by atoms with E-state index >= 15 is 0 Å². The Labute approximate surface area is 122 Å². The molecule has 0 aliphatic rings. The van der Waals surface area contributed by atoms with Gasteiger partial charge in [-0.3, -0.25) is 0 Å². The summed E-state index contributed by atoms with van der Waals surface area (Å²) in [5, 5.41) is 1.08. The van der Waals surface area contributed by atoms with Gasteiger partial charge in [0.1, 0.15) is 5.82 Å². The van der Waals surface area contributed by atoms with Crippen molar-refractivity contribution in [1.82, 2.24) is 0 Å². The molecule has 0 aliphatic heterocycles. The third-order valence-electron chi connectivity index (χ3n) is 3.09. The lowest BCUT2D eigenvalue weighted by Crippen LogP contribution is -2.36. The maximum atomic E-state index is 13.8. The van der Waals surface area contributed by atoms with Crippen molar-refractivity contribution >= 4 is 23.2 Å². The summed E-state index contributed by atoms with van der Waals surface area (Å²) in [5.41, 5.74) is 6.56. The minimum atomic E-state index is -0.875. The van der Waals surface area contributed by atoms with Crippen LogP contribution in [0.2, 0.25) is 10.0 Å². The molecular weight excluding hydrogens is 284 g/mol. The molecule has 4 heteroatoms. The summed E-state index contributed by atoms with van der Waals surface area (Å²) in [5.74, 6) is -0.323. The van der Waals surface area contributed by atoms with Gasteiger partial charge in [-0.15, -0.1) is 0 Å². The Bertz CT molecular complexity index is 576. The van der Waals surface area contributed by atoms with E-state index in [1.807, 2.05) is 0 Å². The van der Waals surface area contributed by atoms with Gasteiger partial charge in [-0.25, -0.2) is 4.39 Å². The molecule has 0 amide bonds. The van der Waals surface area contributed by atoms with Gasteiger partial charge in [-0.05, 0) is 37.1 Å². The van der Waals surface area contributed by atoms with Crippen molar-refractivity contribution in [3.8, 4) is 0 Å². The Morgan fingerprint density at radius 1 is 1.05 bits per heavy atom. The van der Waals surface area contributed by atoms with Crippen LogP contribution in [-0.4, -0.2) is 0 Å². The molecule has 0 saturated heterocycles. The van der Waals surface area contributed by atoms with Gasteiger partial charge in [0.2, 0.25) is 0 Å². The fourth-order valence-corrected chi connectivity index (χ4v) is 2.62. The Balaban J connectivity index is 2.39. The topological polar surface area (TPSA) is 26.0 Å². The summed E-state index contributed by atoms with van der Waals surface area (Å²) < 4.78 is 13.8. The molecule has 0 bridgehead atoms. The van der Waals surface area contributed by atoms with Crippen LogP contribution in [0, 0.1) is 5.82 Å². The Morgan fingerprint density at radius 3 is 2.21 bits per heavy atom. The van der Waals surface area contributed by atoms with E-state index in [2.05, 4.69) is 0 Å². The SMILES string of the molecule is CC(N)(Cc1c(Cl)cccc1Cl)c1ccccc1F. The Morgan fingerprint density at radius 2 is 1.63 bits per heavy atom. The molecule has 0 heterocycles. The number of halogens is 3. The fraction of sp³-hybridized carbons (Fsp3) is 0.200. The molecule has 0 radical (unpaired) electrons. The minimum absolute atomic E-state index is 0.323. The standard InChI is InChI=1S/C15H14Cl2FN/c1-15(19,11-5-2-3-8-14(11)18)9-10-12(16)6-4-7-13(10)17/h2-8H,9,19H2,1H3. The summed E-state index contributed by atoms with van der Waals surface area (Å²) in [7, 11) is 0. The lowest BCUT2D eigenvalue weighted by atomic mass is 9.86. The maximum absolute atomic E-state index is 13.8. The van der Waals surface area contributed by atoms with Crippen molar-refractivity contribution in [2.75, 3.05) is 0 Å². The molecule has 19 heavy (non-hydrogen) atoms. The highest BCUT2D eigenvalue weighted by Gasteiger charge is 2.26. The molecule has 0 aromatic heterocycles. The Hall–Kier alpha value is -1.09. The Kier molecular flexibility index (Phi) is 4.14. The summed E-state index contributed by atoms with van der Waals surface area (Å²) in [6.07, 6.45) is 0.368. The van der Waals surface area contributed by atoms with Gasteiger partial charge in [0.25, 0.3) is 0 Å². The molecule has 100 valence electrons. The van der Waals surface area contributed by atoms with Gasteiger partial charge in [-0.2, -0.15) is 0 Å². The fourth-order valence-electron chi connectivity index (χ4n) is 2.09. The molecule has 1 atom stereocenters. The number of benzene rings is 2. The van der Waals surface area contributed by atoms with Crippen LogP contribution in [0.3, 0.4) is 0 Å². The van der Waals surface area contributed by atoms with Crippen LogP contribution in [0.15, 0.2) is 42.5 Å². The monoisotopic (exact) mass is 297 g/mol. The van der Waals surface area contributed by atoms with Crippen LogP contribution in [-0.2, 0) is 12.0 Å². The zero-order chi connectivity index (χ0) is 14.0. The average molecular weight is 298 g/mol. The lowest BCUT2D eigenvalue weighted by molar-refractivity contribution is 0.457. The normalized spacial score (nSPS) is 14.2. The van der Waals surface area contributed by atoms with Crippen molar-refractivity contribution in [2.45, 2.75) is 18.9 Å². The van der Waals surface area contributed by atoms with E-state index in [9.17, 15) is 4.39 Å². The van der Waals surface area contributed by atoms with E-state index < -0.39 is 5.54 Å². The molecule has 2 N–H and O–H groups in total. The van der Waals surface area contributed by atoms with Crippen molar-refractivity contribution in [2.24, 2.45) is 5.73 Å². The molecule has 2 aromatic carbocycles. The maximum Gasteiger partial charge on any atom is 0.128 e. The average Bonchev–Trinajstić information content (AvgIpc) is 2.34. The second-order valence-corrected chi connectivity index (χ2v) is 5.59. The first-order valence-electron chi connectivity index (χ1n) is 5.88. The van der Waals surface area contributed by atoms with E-state index in [-0.39, 0.29) is 5.82 Å². The van der Waals surface area contributed by atoms with E-state index in [1.165, 1.54) is 6.07 Å². The number of nitrogens with two attached hydrogens (primary N) is 1.